The summed E-state index contributed by atoms with van der Waals surface area (Å²) < 4.78 is 7.74. The van der Waals surface area contributed by atoms with Crippen molar-refractivity contribution in [1.29, 1.82) is 0 Å². The maximum absolute atomic E-state index is 11.1. The van der Waals surface area contributed by atoms with Gasteiger partial charge in [-0.3, -0.25) is 14.4 Å². The van der Waals surface area contributed by atoms with Gasteiger partial charge in [0, 0.05) is 32.1 Å². The second kappa shape index (κ2) is 7.40. The molecule has 0 unspecified atom stereocenters. The zero-order valence-corrected chi connectivity index (χ0v) is 15.7. The van der Waals surface area contributed by atoms with E-state index in [1.165, 1.54) is 18.2 Å². The number of amides is 1. The number of rotatable bonds is 5. The summed E-state index contributed by atoms with van der Waals surface area (Å²) in [5.41, 5.74) is 4.50. The van der Waals surface area contributed by atoms with E-state index in [9.17, 15) is 4.79 Å². The first kappa shape index (κ1) is 17.5. The molecule has 0 aliphatic carbocycles. The summed E-state index contributed by atoms with van der Waals surface area (Å²) in [7, 11) is 0. The third kappa shape index (κ3) is 4.11. The predicted molar refractivity (Wildman–Crippen MR) is 103 cm³/mol. The van der Waals surface area contributed by atoms with Crippen LogP contribution < -0.4 is 5.32 Å². The maximum atomic E-state index is 11.1. The zero-order valence-electron chi connectivity index (χ0n) is 15.7. The van der Waals surface area contributed by atoms with Crippen LogP contribution in [0.5, 0.6) is 0 Å². The van der Waals surface area contributed by atoms with Gasteiger partial charge >= 0.3 is 0 Å². The average Bonchev–Trinajstić information content (AvgIpc) is 3.26. The van der Waals surface area contributed by atoms with Gasteiger partial charge < -0.3 is 9.73 Å². The van der Waals surface area contributed by atoms with Gasteiger partial charge in [-0.05, 0) is 30.7 Å². The van der Waals surface area contributed by atoms with Gasteiger partial charge in [-0.25, -0.2) is 0 Å². The lowest BCUT2D eigenvalue weighted by Gasteiger charge is -2.27. The lowest BCUT2D eigenvalue weighted by Crippen LogP contribution is -2.33. The number of nitrogens with one attached hydrogen (secondary N) is 1. The Hall–Kier alpha value is -2.86. The molecule has 1 aliphatic rings. The quantitative estimate of drug-likeness (QED) is 0.756. The van der Waals surface area contributed by atoms with Crippen LogP contribution in [0.1, 0.15) is 29.6 Å². The van der Waals surface area contributed by atoms with Crippen molar-refractivity contribution in [1.82, 2.24) is 20.0 Å². The van der Waals surface area contributed by atoms with Gasteiger partial charge in [-0.1, -0.05) is 24.3 Å². The Kier molecular flexibility index (Phi) is 4.81. The first-order valence-corrected chi connectivity index (χ1v) is 9.25. The van der Waals surface area contributed by atoms with Crippen LogP contribution in [0.4, 0.5) is 0 Å². The minimum atomic E-state index is -0.0317. The van der Waals surface area contributed by atoms with E-state index >= 15 is 0 Å². The van der Waals surface area contributed by atoms with Crippen molar-refractivity contribution < 1.29 is 9.21 Å². The second-order valence-electron chi connectivity index (χ2n) is 7.08. The van der Waals surface area contributed by atoms with Crippen LogP contribution in [0, 0.1) is 6.92 Å². The lowest BCUT2D eigenvalue weighted by atomic mass is 10.1. The molecule has 1 aliphatic heterocycles. The van der Waals surface area contributed by atoms with Crippen molar-refractivity contribution in [2.24, 2.45) is 0 Å². The molecule has 0 saturated carbocycles. The van der Waals surface area contributed by atoms with Crippen LogP contribution in [0.2, 0.25) is 0 Å². The first-order chi connectivity index (χ1) is 13.1. The smallest absolute Gasteiger partial charge is 0.217 e. The van der Waals surface area contributed by atoms with E-state index in [0.29, 0.717) is 6.54 Å². The minimum Gasteiger partial charge on any atom is -0.461 e. The molecule has 6 heteroatoms. The number of aromatic nitrogens is 2. The molecule has 1 aromatic carbocycles. The average molecular weight is 364 g/mol. The largest absolute Gasteiger partial charge is 0.461 e. The Bertz CT molecular complexity index is 940. The molecule has 0 spiro atoms. The van der Waals surface area contributed by atoms with Gasteiger partial charge in [0.15, 0.2) is 0 Å². The molecule has 0 bridgehead atoms. The predicted octanol–water partition coefficient (Wildman–Crippen LogP) is 3.10. The summed E-state index contributed by atoms with van der Waals surface area (Å²) in [5, 5.41) is 7.38. The molecule has 0 atom stereocenters. The van der Waals surface area contributed by atoms with E-state index in [2.05, 4.69) is 50.3 Å². The van der Waals surface area contributed by atoms with Gasteiger partial charge in [0.25, 0.3) is 0 Å². The summed E-state index contributed by atoms with van der Waals surface area (Å²) in [5.74, 6) is 1.81. The molecule has 4 rings (SSSR count). The Morgan fingerprint density at radius 1 is 1.19 bits per heavy atom. The summed E-state index contributed by atoms with van der Waals surface area (Å²) in [6.07, 6.45) is 0. The van der Waals surface area contributed by atoms with Crippen LogP contribution in [-0.2, 0) is 31.0 Å². The summed E-state index contributed by atoms with van der Waals surface area (Å²) >= 11 is 0. The van der Waals surface area contributed by atoms with Gasteiger partial charge in [-0.15, -0.1) is 0 Å². The van der Waals surface area contributed by atoms with Gasteiger partial charge in [0.2, 0.25) is 5.91 Å². The van der Waals surface area contributed by atoms with E-state index in [-0.39, 0.29) is 5.91 Å². The third-order valence-corrected chi connectivity index (χ3v) is 4.83. The van der Waals surface area contributed by atoms with Crippen LogP contribution in [0.3, 0.4) is 0 Å². The topological polar surface area (TPSA) is 63.3 Å². The van der Waals surface area contributed by atoms with E-state index in [1.54, 1.807) is 0 Å². The van der Waals surface area contributed by atoms with Gasteiger partial charge in [0.1, 0.15) is 11.5 Å². The van der Waals surface area contributed by atoms with E-state index in [4.69, 9.17) is 4.42 Å². The van der Waals surface area contributed by atoms with Gasteiger partial charge in [-0.2, -0.15) is 5.10 Å². The van der Waals surface area contributed by atoms with Crippen LogP contribution >= 0.6 is 0 Å². The highest BCUT2D eigenvalue weighted by Gasteiger charge is 2.18. The van der Waals surface area contributed by atoms with Crippen LogP contribution in [-0.4, -0.2) is 27.1 Å². The zero-order chi connectivity index (χ0) is 18.8. The lowest BCUT2D eigenvalue weighted by molar-refractivity contribution is -0.119. The third-order valence-electron chi connectivity index (χ3n) is 4.83. The van der Waals surface area contributed by atoms with E-state index < -0.39 is 0 Å². The first-order valence-electron chi connectivity index (χ1n) is 9.25. The maximum Gasteiger partial charge on any atom is 0.217 e. The fraction of sp³-hybridized carbons (Fsp3) is 0.333. The number of carbonyl (C=O) groups excluding carboxylic acids is 1. The number of fused-ring (bicyclic) bond motifs is 1. The minimum absolute atomic E-state index is 0.0317. The molecule has 3 heterocycles. The molecule has 2 aromatic heterocycles. The molecular formula is C21H24N4O2. The normalized spacial score (nSPS) is 14.1. The number of nitrogens with zero attached hydrogens (tertiary/aromatic N) is 3. The van der Waals surface area contributed by atoms with E-state index in [1.807, 2.05) is 19.1 Å². The molecular weight excluding hydrogens is 340 g/mol. The van der Waals surface area contributed by atoms with Crippen molar-refractivity contribution >= 4 is 5.91 Å². The number of hydrogen-bond acceptors (Lipinski definition) is 4. The van der Waals surface area contributed by atoms with Crippen LogP contribution in [0.15, 0.2) is 46.9 Å². The highest BCUT2D eigenvalue weighted by atomic mass is 16.3. The highest BCUT2D eigenvalue weighted by molar-refractivity contribution is 5.72. The molecule has 0 saturated heterocycles. The van der Waals surface area contributed by atoms with Crippen molar-refractivity contribution in [3.63, 3.8) is 0 Å². The Balaban J connectivity index is 1.39. The monoisotopic (exact) mass is 364 g/mol. The Morgan fingerprint density at radius 3 is 2.70 bits per heavy atom. The SMILES string of the molecule is CC(=O)NCc1cc2n(n1)CCN(Cc1ccc(-c3ccc(C)o3)cc1)C2. The Labute approximate surface area is 158 Å². The van der Waals surface area contributed by atoms with E-state index in [0.717, 1.165) is 49.0 Å². The summed E-state index contributed by atoms with van der Waals surface area (Å²) in [6, 6.07) is 14.7. The van der Waals surface area contributed by atoms with Crippen LogP contribution in [0.25, 0.3) is 11.3 Å². The standard InChI is InChI=1S/C21H24N4O2/c1-15-3-8-21(27-15)18-6-4-17(5-7-18)13-24-9-10-25-20(14-24)11-19(23-25)12-22-16(2)26/h3-8,11H,9-10,12-14H2,1-2H3,(H,22,26). The fourth-order valence-corrected chi connectivity index (χ4v) is 3.44. The number of furan rings is 1. The number of aryl methyl sites for hydroxylation is 1. The second-order valence-corrected chi connectivity index (χ2v) is 7.08. The fourth-order valence-electron chi connectivity index (χ4n) is 3.44. The Morgan fingerprint density at radius 2 is 2.00 bits per heavy atom. The molecule has 0 radical (unpaired) electrons. The molecule has 140 valence electrons. The summed E-state index contributed by atoms with van der Waals surface area (Å²) in [6.45, 7) is 7.59. The number of carbonyl (C=O) groups is 1. The van der Waals surface area contributed by atoms with Gasteiger partial charge in [0.05, 0.1) is 24.5 Å². The highest BCUT2D eigenvalue weighted by Crippen LogP contribution is 2.23. The molecule has 1 N–H and O–H groups in total. The molecule has 0 fully saturated rings. The number of benzene rings is 1. The molecule has 27 heavy (non-hydrogen) atoms. The van der Waals surface area contributed by atoms with Crippen molar-refractivity contribution in [2.75, 3.05) is 6.54 Å². The summed E-state index contributed by atoms with van der Waals surface area (Å²) in [4.78, 5) is 13.5. The van der Waals surface area contributed by atoms with Crippen molar-refractivity contribution in [3.8, 4) is 11.3 Å². The van der Waals surface area contributed by atoms with Crippen molar-refractivity contribution in [2.45, 2.75) is 40.0 Å². The molecule has 6 nitrogen and oxygen atoms in total. The molecule has 3 aromatic rings. The molecule has 1 amide bonds. The number of hydrogen-bond donors (Lipinski definition) is 1. The van der Waals surface area contributed by atoms with Crippen molar-refractivity contribution in [3.05, 3.63) is 65.2 Å².